The van der Waals surface area contributed by atoms with Gasteiger partial charge in [-0.15, -0.1) is 0 Å². The maximum atomic E-state index is 10.1. The highest BCUT2D eigenvalue weighted by molar-refractivity contribution is 5.82. The summed E-state index contributed by atoms with van der Waals surface area (Å²) >= 11 is 0. The van der Waals surface area contributed by atoms with Crippen LogP contribution in [0.5, 0.6) is 0 Å². The summed E-state index contributed by atoms with van der Waals surface area (Å²) < 4.78 is 7.07. The van der Waals surface area contributed by atoms with E-state index in [0.29, 0.717) is 17.0 Å². The molecule has 9 nitrogen and oxygen atoms in total. The van der Waals surface area contributed by atoms with Crippen LogP contribution in [0.3, 0.4) is 0 Å². The van der Waals surface area contributed by atoms with Gasteiger partial charge in [-0.05, 0) is 6.42 Å². The Balaban J connectivity index is 1.90. The summed E-state index contributed by atoms with van der Waals surface area (Å²) in [6, 6.07) is 0. The molecule has 0 saturated carbocycles. The number of aromatic nitrogens is 4. The molecule has 1 aliphatic rings. The van der Waals surface area contributed by atoms with Gasteiger partial charge in [0.25, 0.3) is 0 Å². The summed E-state index contributed by atoms with van der Waals surface area (Å²) in [6.45, 7) is 2.51. The Morgan fingerprint density at radius 3 is 2.78 bits per heavy atom. The molecule has 2 aromatic heterocycles. The quantitative estimate of drug-likeness (QED) is 0.532. The average molecular weight is 323 g/mol. The van der Waals surface area contributed by atoms with E-state index in [1.54, 1.807) is 4.57 Å². The number of ether oxygens (including phenoxy) is 1. The summed E-state index contributed by atoms with van der Waals surface area (Å²) in [5.74, 6) is 0.619. The van der Waals surface area contributed by atoms with E-state index in [4.69, 9.17) is 4.74 Å². The van der Waals surface area contributed by atoms with Crippen molar-refractivity contribution in [1.29, 1.82) is 0 Å². The van der Waals surface area contributed by atoms with Crippen molar-refractivity contribution in [3.05, 3.63) is 12.7 Å². The van der Waals surface area contributed by atoms with Crippen molar-refractivity contribution in [2.45, 2.75) is 44.3 Å². The Hall–Kier alpha value is -1.81. The number of nitrogens with zero attached hydrogens (tertiary/aromatic N) is 4. The van der Waals surface area contributed by atoms with E-state index < -0.39 is 24.5 Å². The molecule has 126 valence electrons. The lowest BCUT2D eigenvalue weighted by Gasteiger charge is -2.16. The van der Waals surface area contributed by atoms with Crippen LogP contribution in [0.15, 0.2) is 12.7 Å². The zero-order valence-electron chi connectivity index (χ0n) is 12.8. The zero-order valence-corrected chi connectivity index (χ0v) is 12.8. The molecule has 9 heteroatoms. The SMILES string of the molecule is CCCCNc1ncnc2c1ncn2[C@@H]1O[C@H](CO)[C@@H](O)[C@H]1O. The fourth-order valence-electron chi connectivity index (χ4n) is 2.66. The molecule has 0 amide bonds. The first-order valence-electron chi connectivity index (χ1n) is 7.71. The van der Waals surface area contributed by atoms with Gasteiger partial charge in [0.05, 0.1) is 12.9 Å². The van der Waals surface area contributed by atoms with Crippen LogP contribution in [-0.2, 0) is 4.74 Å². The monoisotopic (exact) mass is 323 g/mol. The van der Waals surface area contributed by atoms with Gasteiger partial charge in [0, 0.05) is 6.54 Å². The standard InChI is InChI=1S/C14H21N5O4/c1-2-3-4-15-12-9-13(17-6-16-12)19(7-18-9)14-11(22)10(21)8(5-20)23-14/h6-8,10-11,14,20-22H,2-5H2,1H3,(H,15,16,17)/t8-,10-,11-,14-/m1/s1. The molecule has 0 spiro atoms. The van der Waals surface area contributed by atoms with Gasteiger partial charge < -0.3 is 25.4 Å². The van der Waals surface area contributed by atoms with E-state index >= 15 is 0 Å². The van der Waals surface area contributed by atoms with E-state index in [1.165, 1.54) is 12.7 Å². The highest BCUT2D eigenvalue weighted by Gasteiger charge is 2.43. The molecular weight excluding hydrogens is 302 g/mol. The van der Waals surface area contributed by atoms with Crippen molar-refractivity contribution in [3.63, 3.8) is 0 Å². The lowest BCUT2D eigenvalue weighted by molar-refractivity contribution is -0.0511. The number of fused-ring (bicyclic) bond motifs is 1. The third kappa shape index (κ3) is 2.88. The van der Waals surface area contributed by atoms with Gasteiger partial charge in [-0.1, -0.05) is 13.3 Å². The topological polar surface area (TPSA) is 126 Å². The summed E-state index contributed by atoms with van der Waals surface area (Å²) in [6.07, 6.45) is 0.962. The summed E-state index contributed by atoms with van der Waals surface area (Å²) in [4.78, 5) is 12.7. The number of aliphatic hydroxyl groups excluding tert-OH is 3. The van der Waals surface area contributed by atoms with Crippen LogP contribution < -0.4 is 5.32 Å². The smallest absolute Gasteiger partial charge is 0.167 e. The maximum Gasteiger partial charge on any atom is 0.167 e. The molecule has 1 fully saturated rings. The molecule has 4 atom stereocenters. The number of nitrogens with one attached hydrogen (secondary N) is 1. The van der Waals surface area contributed by atoms with Crippen LogP contribution in [0, 0.1) is 0 Å². The molecular formula is C14H21N5O4. The molecule has 0 unspecified atom stereocenters. The second-order valence-electron chi connectivity index (χ2n) is 5.56. The number of unbranched alkanes of at least 4 members (excludes halogenated alkanes) is 1. The first-order chi connectivity index (χ1) is 11.2. The number of hydrogen-bond donors (Lipinski definition) is 4. The molecule has 3 heterocycles. The van der Waals surface area contributed by atoms with E-state index in [1.807, 2.05) is 0 Å². The molecule has 0 aromatic carbocycles. The predicted octanol–water partition coefficient (Wildman–Crippen LogP) is -0.350. The van der Waals surface area contributed by atoms with Crippen molar-refractivity contribution < 1.29 is 20.1 Å². The van der Waals surface area contributed by atoms with Gasteiger partial charge >= 0.3 is 0 Å². The van der Waals surface area contributed by atoms with Gasteiger partial charge in [0.1, 0.15) is 24.6 Å². The lowest BCUT2D eigenvalue weighted by Crippen LogP contribution is -2.33. The number of aliphatic hydroxyl groups is 3. The van der Waals surface area contributed by atoms with E-state index in [0.717, 1.165) is 19.4 Å². The Morgan fingerprint density at radius 2 is 2.09 bits per heavy atom. The molecule has 4 N–H and O–H groups in total. The minimum absolute atomic E-state index is 0.375. The fraction of sp³-hybridized carbons (Fsp3) is 0.643. The molecule has 3 rings (SSSR count). The first kappa shape index (κ1) is 16.1. The van der Waals surface area contributed by atoms with Crippen LogP contribution >= 0.6 is 0 Å². The molecule has 1 saturated heterocycles. The zero-order chi connectivity index (χ0) is 16.4. The normalized spacial score (nSPS) is 27.7. The minimum atomic E-state index is -1.17. The van der Waals surface area contributed by atoms with Crippen molar-refractivity contribution in [2.75, 3.05) is 18.5 Å². The summed E-state index contributed by atoms with van der Waals surface area (Å²) in [5.41, 5.74) is 1.06. The van der Waals surface area contributed by atoms with Gasteiger partial charge in [-0.25, -0.2) is 15.0 Å². The maximum absolute atomic E-state index is 10.1. The number of imidazole rings is 1. The van der Waals surface area contributed by atoms with Gasteiger partial charge in [0.2, 0.25) is 0 Å². The van der Waals surface area contributed by atoms with E-state index in [2.05, 4.69) is 27.2 Å². The molecule has 23 heavy (non-hydrogen) atoms. The average Bonchev–Trinajstić information content (AvgIpc) is 3.11. The summed E-state index contributed by atoms with van der Waals surface area (Å²) in [5, 5.41) is 32.4. The van der Waals surface area contributed by atoms with Crippen molar-refractivity contribution >= 4 is 17.0 Å². The number of rotatable bonds is 6. The van der Waals surface area contributed by atoms with Crippen molar-refractivity contribution in [3.8, 4) is 0 Å². The largest absolute Gasteiger partial charge is 0.394 e. The first-order valence-corrected chi connectivity index (χ1v) is 7.71. The number of anilines is 1. The van der Waals surface area contributed by atoms with Crippen LogP contribution in [0.1, 0.15) is 26.0 Å². The Kier molecular flexibility index (Phi) is 4.71. The lowest BCUT2D eigenvalue weighted by atomic mass is 10.1. The third-order valence-corrected chi connectivity index (χ3v) is 3.97. The third-order valence-electron chi connectivity index (χ3n) is 3.97. The number of hydrogen-bond acceptors (Lipinski definition) is 8. The van der Waals surface area contributed by atoms with Crippen LogP contribution in [0.25, 0.3) is 11.2 Å². The Labute approximate surface area is 133 Å². The van der Waals surface area contributed by atoms with E-state index in [-0.39, 0.29) is 6.61 Å². The Morgan fingerprint density at radius 1 is 1.26 bits per heavy atom. The fourth-order valence-corrected chi connectivity index (χ4v) is 2.66. The van der Waals surface area contributed by atoms with Gasteiger partial charge in [-0.3, -0.25) is 4.57 Å². The second-order valence-corrected chi connectivity index (χ2v) is 5.56. The van der Waals surface area contributed by atoms with Crippen molar-refractivity contribution in [1.82, 2.24) is 19.5 Å². The minimum Gasteiger partial charge on any atom is -0.394 e. The Bertz CT molecular complexity index is 664. The van der Waals surface area contributed by atoms with Gasteiger partial charge in [0.15, 0.2) is 23.2 Å². The van der Waals surface area contributed by atoms with Crippen LogP contribution in [-0.4, -0.2) is 66.3 Å². The molecule has 0 radical (unpaired) electrons. The highest BCUT2D eigenvalue weighted by Crippen LogP contribution is 2.31. The van der Waals surface area contributed by atoms with E-state index in [9.17, 15) is 15.3 Å². The highest BCUT2D eigenvalue weighted by atomic mass is 16.6. The van der Waals surface area contributed by atoms with Crippen LogP contribution in [0.2, 0.25) is 0 Å². The molecule has 0 aliphatic carbocycles. The van der Waals surface area contributed by atoms with Crippen molar-refractivity contribution in [2.24, 2.45) is 0 Å². The van der Waals surface area contributed by atoms with Crippen LogP contribution in [0.4, 0.5) is 5.82 Å². The molecule has 2 aromatic rings. The second kappa shape index (κ2) is 6.75. The molecule has 1 aliphatic heterocycles. The predicted molar refractivity (Wildman–Crippen MR) is 81.7 cm³/mol. The van der Waals surface area contributed by atoms with Gasteiger partial charge in [-0.2, -0.15) is 0 Å². The molecule has 0 bridgehead atoms. The summed E-state index contributed by atoms with van der Waals surface area (Å²) in [7, 11) is 0.